The molecule has 0 aliphatic carbocycles. The molecule has 0 unspecified atom stereocenters. The fourth-order valence-electron chi connectivity index (χ4n) is 1.21. The van der Waals surface area contributed by atoms with Crippen LogP contribution < -0.4 is 0 Å². The van der Waals surface area contributed by atoms with Gasteiger partial charge in [-0.05, 0) is 19.1 Å². The van der Waals surface area contributed by atoms with Crippen LogP contribution in [-0.4, -0.2) is 32.4 Å². The fraction of sp³-hybridized carbons (Fsp3) is 0.455. The second-order valence-electron chi connectivity index (χ2n) is 3.94. The van der Waals surface area contributed by atoms with Gasteiger partial charge in [0, 0.05) is 6.42 Å². The van der Waals surface area contributed by atoms with Crippen molar-refractivity contribution < 1.29 is 30.9 Å². The van der Waals surface area contributed by atoms with Crippen molar-refractivity contribution in [1.29, 1.82) is 0 Å². The summed E-state index contributed by atoms with van der Waals surface area (Å²) in [6, 6.07) is 5.68. The number of benzene rings is 1. The van der Waals surface area contributed by atoms with Gasteiger partial charge in [-0.2, -0.15) is 21.6 Å². The van der Waals surface area contributed by atoms with Crippen molar-refractivity contribution in [3.63, 3.8) is 0 Å². The molecule has 0 saturated heterocycles. The predicted molar refractivity (Wildman–Crippen MR) is 61.0 cm³/mol. The molecule has 0 aromatic heterocycles. The maximum absolute atomic E-state index is 12.0. The average molecular weight is 298 g/mol. The molecule has 1 aromatic rings. The Kier molecular flexibility index (Phi) is 4.94. The maximum atomic E-state index is 12.0. The van der Waals surface area contributed by atoms with Gasteiger partial charge in [0.15, 0.2) is 6.10 Å². The molecule has 0 saturated carbocycles. The molecule has 0 amide bonds. The summed E-state index contributed by atoms with van der Waals surface area (Å²) in [5.74, 6) is 0. The van der Waals surface area contributed by atoms with Crippen LogP contribution in [0.3, 0.4) is 0 Å². The maximum Gasteiger partial charge on any atom is 0.414 e. The highest BCUT2D eigenvalue weighted by atomic mass is 32.2. The highest BCUT2D eigenvalue weighted by Gasteiger charge is 2.37. The van der Waals surface area contributed by atoms with Crippen LogP contribution >= 0.6 is 0 Å². The van der Waals surface area contributed by atoms with Crippen LogP contribution in [0.2, 0.25) is 0 Å². The SMILES string of the molecule is Cc1ccc(S(=O)(=O)OCC[C@@H](O)C(F)(F)F)cc1. The van der Waals surface area contributed by atoms with Crippen molar-refractivity contribution in [3.8, 4) is 0 Å². The summed E-state index contributed by atoms with van der Waals surface area (Å²) >= 11 is 0. The minimum atomic E-state index is -4.78. The highest BCUT2D eigenvalue weighted by Crippen LogP contribution is 2.22. The Hall–Kier alpha value is -1.12. The lowest BCUT2D eigenvalue weighted by Crippen LogP contribution is -2.30. The molecule has 19 heavy (non-hydrogen) atoms. The summed E-state index contributed by atoms with van der Waals surface area (Å²) in [5.41, 5.74) is 0.839. The molecule has 0 spiro atoms. The third-order valence-corrected chi connectivity index (χ3v) is 3.64. The molecular formula is C11H13F3O4S. The Morgan fingerprint density at radius 3 is 2.26 bits per heavy atom. The molecule has 4 nitrogen and oxygen atoms in total. The first-order valence-corrected chi connectivity index (χ1v) is 6.74. The topological polar surface area (TPSA) is 63.6 Å². The fourth-order valence-corrected chi connectivity index (χ4v) is 2.13. The summed E-state index contributed by atoms with van der Waals surface area (Å²) in [6.07, 6.45) is -8.22. The summed E-state index contributed by atoms with van der Waals surface area (Å²) < 4.78 is 63.6. The van der Waals surface area contributed by atoms with Gasteiger partial charge in [-0.25, -0.2) is 0 Å². The van der Waals surface area contributed by atoms with E-state index in [2.05, 4.69) is 4.18 Å². The quantitative estimate of drug-likeness (QED) is 0.845. The molecule has 1 aromatic carbocycles. The number of halogens is 3. The van der Waals surface area contributed by atoms with Crippen molar-refractivity contribution in [2.75, 3.05) is 6.61 Å². The van der Waals surface area contributed by atoms with E-state index in [0.29, 0.717) is 0 Å². The first-order chi connectivity index (χ1) is 8.63. The van der Waals surface area contributed by atoms with E-state index < -0.39 is 35.4 Å². The van der Waals surface area contributed by atoms with Crippen LogP contribution in [0.1, 0.15) is 12.0 Å². The number of aliphatic hydroxyl groups is 1. The molecule has 108 valence electrons. The first kappa shape index (κ1) is 15.9. The van der Waals surface area contributed by atoms with E-state index in [9.17, 15) is 21.6 Å². The average Bonchev–Trinajstić information content (AvgIpc) is 2.28. The monoisotopic (exact) mass is 298 g/mol. The normalized spacial score (nSPS) is 14.4. The molecule has 1 N–H and O–H groups in total. The first-order valence-electron chi connectivity index (χ1n) is 5.34. The Morgan fingerprint density at radius 1 is 1.26 bits per heavy atom. The lowest BCUT2D eigenvalue weighted by molar-refractivity contribution is -0.206. The Labute approximate surface area is 108 Å². The number of hydrogen-bond donors (Lipinski definition) is 1. The van der Waals surface area contributed by atoms with Crippen molar-refractivity contribution in [3.05, 3.63) is 29.8 Å². The zero-order valence-electron chi connectivity index (χ0n) is 10.0. The van der Waals surface area contributed by atoms with Gasteiger partial charge in [0.25, 0.3) is 10.1 Å². The van der Waals surface area contributed by atoms with E-state index in [0.717, 1.165) is 5.56 Å². The van der Waals surface area contributed by atoms with Crippen LogP contribution in [-0.2, 0) is 14.3 Å². The standard InChI is InChI=1S/C11H13F3O4S/c1-8-2-4-9(5-3-8)19(16,17)18-7-6-10(15)11(12,13)14/h2-5,10,15H,6-7H2,1H3/t10-/m1/s1. The summed E-state index contributed by atoms with van der Waals surface area (Å²) in [7, 11) is -4.10. The van der Waals surface area contributed by atoms with Gasteiger partial charge in [0.05, 0.1) is 11.5 Å². The largest absolute Gasteiger partial charge is 0.414 e. The van der Waals surface area contributed by atoms with Crippen LogP contribution in [0.15, 0.2) is 29.2 Å². The second-order valence-corrected chi connectivity index (χ2v) is 5.55. The van der Waals surface area contributed by atoms with Gasteiger partial charge in [-0.15, -0.1) is 0 Å². The summed E-state index contributed by atoms with van der Waals surface area (Å²) in [6.45, 7) is 1.02. The Morgan fingerprint density at radius 2 is 1.79 bits per heavy atom. The number of rotatable bonds is 5. The van der Waals surface area contributed by atoms with E-state index in [1.807, 2.05) is 0 Å². The summed E-state index contributed by atoms with van der Waals surface area (Å²) in [4.78, 5) is -0.139. The second kappa shape index (κ2) is 5.89. The van der Waals surface area contributed by atoms with Crippen molar-refractivity contribution in [2.45, 2.75) is 30.5 Å². The van der Waals surface area contributed by atoms with Crippen LogP contribution in [0.5, 0.6) is 0 Å². The van der Waals surface area contributed by atoms with Crippen molar-refractivity contribution in [1.82, 2.24) is 0 Å². The Balaban J connectivity index is 2.60. The lowest BCUT2D eigenvalue weighted by atomic mass is 10.2. The number of aliphatic hydroxyl groups excluding tert-OH is 1. The van der Waals surface area contributed by atoms with Crippen LogP contribution in [0, 0.1) is 6.92 Å². The van der Waals surface area contributed by atoms with E-state index in [1.54, 1.807) is 19.1 Å². The third kappa shape index (κ3) is 4.81. The molecule has 0 aliphatic heterocycles. The predicted octanol–water partition coefficient (Wildman–Crippen LogP) is 2.01. The van der Waals surface area contributed by atoms with E-state index in [4.69, 9.17) is 5.11 Å². The van der Waals surface area contributed by atoms with Crippen molar-refractivity contribution in [2.24, 2.45) is 0 Å². The highest BCUT2D eigenvalue weighted by molar-refractivity contribution is 7.86. The van der Waals surface area contributed by atoms with E-state index in [1.165, 1.54) is 12.1 Å². The van der Waals surface area contributed by atoms with Gasteiger partial charge >= 0.3 is 6.18 Å². The van der Waals surface area contributed by atoms with Gasteiger partial charge in [0.2, 0.25) is 0 Å². The molecular weight excluding hydrogens is 285 g/mol. The van der Waals surface area contributed by atoms with Gasteiger partial charge in [0.1, 0.15) is 0 Å². The van der Waals surface area contributed by atoms with Gasteiger partial charge < -0.3 is 5.11 Å². The minimum absolute atomic E-state index is 0.139. The molecule has 8 heteroatoms. The molecule has 0 heterocycles. The van der Waals surface area contributed by atoms with E-state index >= 15 is 0 Å². The molecule has 0 bridgehead atoms. The summed E-state index contributed by atoms with van der Waals surface area (Å²) in [5, 5.41) is 8.69. The Bertz CT molecular complexity index is 508. The molecule has 0 aliphatic rings. The molecule has 1 atom stereocenters. The van der Waals surface area contributed by atoms with Crippen molar-refractivity contribution >= 4 is 10.1 Å². The lowest BCUT2D eigenvalue weighted by Gasteiger charge is -2.14. The third-order valence-electron chi connectivity index (χ3n) is 2.32. The zero-order chi connectivity index (χ0) is 14.7. The molecule has 1 rings (SSSR count). The van der Waals surface area contributed by atoms with E-state index in [-0.39, 0.29) is 4.90 Å². The van der Waals surface area contributed by atoms with Crippen LogP contribution in [0.25, 0.3) is 0 Å². The van der Waals surface area contributed by atoms with Gasteiger partial charge in [-0.3, -0.25) is 4.18 Å². The van der Waals surface area contributed by atoms with Crippen LogP contribution in [0.4, 0.5) is 13.2 Å². The number of hydrogen-bond acceptors (Lipinski definition) is 4. The zero-order valence-corrected chi connectivity index (χ0v) is 10.8. The smallest absolute Gasteiger partial charge is 0.384 e. The molecule has 0 radical (unpaired) electrons. The van der Waals surface area contributed by atoms with Gasteiger partial charge in [-0.1, -0.05) is 17.7 Å². The number of aryl methyl sites for hydroxylation is 1. The number of alkyl halides is 3. The molecule has 0 fully saturated rings. The minimum Gasteiger partial charge on any atom is -0.384 e.